The summed E-state index contributed by atoms with van der Waals surface area (Å²) >= 11 is 0. The number of amides is 1. The van der Waals surface area contributed by atoms with Crippen LogP contribution >= 0.6 is 0 Å². The number of aryl methyl sites for hydroxylation is 2. The molecule has 2 saturated heterocycles. The Balaban J connectivity index is 1.35. The minimum Gasteiger partial charge on any atom is -0.396 e. The monoisotopic (exact) mass is 488 g/mol. The van der Waals surface area contributed by atoms with Crippen LogP contribution in [0.5, 0.6) is 0 Å². The van der Waals surface area contributed by atoms with E-state index in [0.29, 0.717) is 25.8 Å². The number of anilines is 1. The summed E-state index contributed by atoms with van der Waals surface area (Å²) in [5.41, 5.74) is 2.89. The van der Waals surface area contributed by atoms with Gasteiger partial charge in [-0.2, -0.15) is 0 Å². The van der Waals surface area contributed by atoms with Gasteiger partial charge in [0.25, 0.3) is 0 Å². The first-order valence-electron chi connectivity index (χ1n) is 12.5. The fourth-order valence-electron chi connectivity index (χ4n) is 5.66. The second kappa shape index (κ2) is 10.7. The minimum atomic E-state index is -2.92. The molecule has 1 amide bonds. The highest BCUT2D eigenvalue weighted by Crippen LogP contribution is 2.47. The quantitative estimate of drug-likeness (QED) is 0.405. The molecule has 0 aliphatic carbocycles. The van der Waals surface area contributed by atoms with Gasteiger partial charge in [0.05, 0.1) is 17.9 Å². The predicted molar refractivity (Wildman–Crippen MR) is 132 cm³/mol. The van der Waals surface area contributed by atoms with Gasteiger partial charge in [-0.3, -0.25) is 9.48 Å². The summed E-state index contributed by atoms with van der Waals surface area (Å²) in [5.74, 6) is 0.366. The van der Waals surface area contributed by atoms with Crippen LogP contribution in [-0.2, 0) is 28.9 Å². The molecule has 0 unspecified atom stereocenters. The van der Waals surface area contributed by atoms with Crippen LogP contribution in [0.15, 0.2) is 30.5 Å². The van der Waals surface area contributed by atoms with Gasteiger partial charge >= 0.3 is 0 Å². The Morgan fingerprint density at radius 2 is 1.94 bits per heavy atom. The lowest BCUT2D eigenvalue weighted by atomic mass is 9.95. The average molecular weight is 489 g/mol. The number of aliphatic hydroxyl groups excluding tert-OH is 1. The first-order valence-corrected chi connectivity index (χ1v) is 15.5. The number of nitrogens with zero attached hydrogens (tertiary/aromatic N) is 4. The fraction of sp³-hybridized carbons (Fsp3) is 0.640. The molecule has 2 aliphatic heterocycles. The molecule has 34 heavy (non-hydrogen) atoms. The molecule has 2 aliphatic rings. The molecule has 0 saturated carbocycles. The van der Waals surface area contributed by atoms with E-state index in [9.17, 15) is 4.79 Å². The zero-order chi connectivity index (χ0) is 24.3. The lowest BCUT2D eigenvalue weighted by molar-refractivity contribution is -0.117. The third-order valence-electron chi connectivity index (χ3n) is 7.33. The first-order chi connectivity index (χ1) is 16.3. The number of carbonyl (C=O) groups excluding carboxylic acids is 1. The summed E-state index contributed by atoms with van der Waals surface area (Å²) in [6.07, 6.45) is 6.21. The van der Waals surface area contributed by atoms with Crippen molar-refractivity contribution in [3.63, 3.8) is 0 Å². The van der Waals surface area contributed by atoms with Gasteiger partial charge in [-0.15, -0.1) is 5.10 Å². The molecular formula is C25H37FN4O3Si. The van der Waals surface area contributed by atoms with Gasteiger partial charge in [-0.05, 0) is 62.4 Å². The fourth-order valence-corrected chi connectivity index (χ4v) is 8.25. The number of aliphatic hydroxyl groups is 1. The molecule has 0 radical (unpaired) electrons. The van der Waals surface area contributed by atoms with Crippen molar-refractivity contribution in [3.8, 4) is 0 Å². The van der Waals surface area contributed by atoms with Crippen LogP contribution in [0.2, 0.25) is 18.6 Å². The predicted octanol–water partition coefficient (Wildman–Crippen LogP) is 3.91. The number of aromatic nitrogens is 3. The Bertz CT molecular complexity index is 962. The largest absolute Gasteiger partial charge is 0.396 e. The van der Waals surface area contributed by atoms with Crippen LogP contribution in [0.4, 0.5) is 9.80 Å². The lowest BCUT2D eigenvalue weighted by Crippen LogP contribution is -2.36. The van der Waals surface area contributed by atoms with Gasteiger partial charge in [0.1, 0.15) is 0 Å². The SMILES string of the molecule is C[C@@H]1[C@@H]([Si](C)(C)F)[C@H](CCn2cc(CCO)nn2)O[C@@H]1CCc1ccc(N2CCCC2=O)cc1. The maximum absolute atomic E-state index is 15.3. The van der Waals surface area contributed by atoms with Crippen LogP contribution < -0.4 is 4.90 Å². The van der Waals surface area contributed by atoms with Gasteiger partial charge < -0.3 is 18.9 Å². The smallest absolute Gasteiger partial charge is 0.246 e. The van der Waals surface area contributed by atoms with Gasteiger partial charge in [0.2, 0.25) is 14.3 Å². The number of rotatable bonds is 10. The molecule has 1 aromatic heterocycles. The maximum Gasteiger partial charge on any atom is 0.246 e. The van der Waals surface area contributed by atoms with Gasteiger partial charge in [0, 0.05) is 50.0 Å². The molecule has 9 heteroatoms. The van der Waals surface area contributed by atoms with Gasteiger partial charge in [0.15, 0.2) is 0 Å². The highest BCUT2D eigenvalue weighted by molar-refractivity contribution is 6.72. The second-order valence-corrected chi connectivity index (χ2v) is 14.0. The van der Waals surface area contributed by atoms with E-state index in [1.165, 1.54) is 5.56 Å². The van der Waals surface area contributed by atoms with Crippen LogP contribution in [0, 0.1) is 5.92 Å². The molecular weight excluding hydrogens is 451 g/mol. The topological polar surface area (TPSA) is 80.5 Å². The van der Waals surface area contributed by atoms with E-state index in [1.807, 2.05) is 23.2 Å². The van der Waals surface area contributed by atoms with Crippen molar-refractivity contribution in [1.29, 1.82) is 0 Å². The van der Waals surface area contributed by atoms with Gasteiger partial charge in [-0.25, -0.2) is 0 Å². The van der Waals surface area contributed by atoms with Crippen LogP contribution in [0.1, 0.15) is 43.9 Å². The molecule has 7 nitrogen and oxygen atoms in total. The summed E-state index contributed by atoms with van der Waals surface area (Å²) in [6.45, 7) is 7.20. The van der Waals surface area contributed by atoms with E-state index >= 15 is 4.11 Å². The summed E-state index contributed by atoms with van der Waals surface area (Å²) in [7, 11) is -2.92. The third-order valence-corrected chi connectivity index (χ3v) is 9.81. The van der Waals surface area contributed by atoms with E-state index in [2.05, 4.69) is 29.4 Å². The standard InChI is InChI=1S/C25H37FN4O3Si/c1-18-22(11-8-19-6-9-21(10-7-19)30-14-4-5-24(30)32)33-23(25(18)34(2,3)26)12-15-29-17-20(13-16-31)27-28-29/h6-7,9-10,17-18,22-23,25,31H,4-5,8,11-16H2,1-3H3/t18-,22+,23-,25+/m0/s1. The van der Waals surface area contributed by atoms with E-state index < -0.39 is 8.41 Å². The van der Waals surface area contributed by atoms with Crippen molar-refractivity contribution >= 4 is 20.0 Å². The van der Waals surface area contributed by atoms with E-state index in [4.69, 9.17) is 9.84 Å². The number of ether oxygens (including phenoxy) is 1. The summed E-state index contributed by atoms with van der Waals surface area (Å²) in [5, 5.41) is 17.3. The first kappa shape index (κ1) is 25.0. The van der Waals surface area contributed by atoms with E-state index in [-0.39, 0.29) is 36.2 Å². The summed E-state index contributed by atoms with van der Waals surface area (Å²) < 4.78 is 23.6. The van der Waals surface area contributed by atoms with Gasteiger partial charge in [-0.1, -0.05) is 24.3 Å². The molecule has 186 valence electrons. The molecule has 4 atom stereocenters. The number of hydrogen-bond acceptors (Lipinski definition) is 5. The van der Waals surface area contributed by atoms with Crippen LogP contribution in [0.25, 0.3) is 0 Å². The molecule has 1 N–H and O–H groups in total. The molecule has 2 aromatic rings. The van der Waals surface area contributed by atoms with Crippen molar-refractivity contribution < 1.29 is 18.7 Å². The molecule has 3 heterocycles. The Hall–Kier alpha value is -2.10. The van der Waals surface area contributed by atoms with Crippen molar-refractivity contribution in [2.75, 3.05) is 18.1 Å². The number of hydrogen-bond donors (Lipinski definition) is 1. The Morgan fingerprint density at radius 1 is 1.18 bits per heavy atom. The summed E-state index contributed by atoms with van der Waals surface area (Å²) in [4.78, 5) is 13.8. The molecule has 0 bridgehead atoms. The molecule has 2 fully saturated rings. The maximum atomic E-state index is 15.3. The Labute approximate surface area is 202 Å². The number of benzene rings is 1. The number of halogens is 1. The Kier molecular flexibility index (Phi) is 7.84. The highest BCUT2D eigenvalue weighted by Gasteiger charge is 2.50. The zero-order valence-electron chi connectivity index (χ0n) is 20.5. The molecule has 0 spiro atoms. The average Bonchev–Trinajstić information content (AvgIpc) is 3.50. The minimum absolute atomic E-state index is 0.0260. The zero-order valence-corrected chi connectivity index (χ0v) is 21.5. The van der Waals surface area contributed by atoms with Crippen molar-refractivity contribution in [2.24, 2.45) is 5.92 Å². The molecule has 1 aromatic carbocycles. The van der Waals surface area contributed by atoms with Crippen molar-refractivity contribution in [1.82, 2.24) is 15.0 Å². The normalized spacial score (nSPS) is 25.4. The summed E-state index contributed by atoms with van der Waals surface area (Å²) in [6, 6.07) is 8.25. The van der Waals surface area contributed by atoms with Crippen molar-refractivity contribution in [2.45, 2.75) is 82.8 Å². The third kappa shape index (κ3) is 5.75. The second-order valence-electron chi connectivity index (χ2n) is 10.3. The van der Waals surface area contributed by atoms with Crippen molar-refractivity contribution in [3.05, 3.63) is 41.7 Å². The van der Waals surface area contributed by atoms with E-state index in [1.54, 1.807) is 17.8 Å². The van der Waals surface area contributed by atoms with Crippen LogP contribution in [0.3, 0.4) is 0 Å². The Morgan fingerprint density at radius 3 is 2.59 bits per heavy atom. The highest BCUT2D eigenvalue weighted by atomic mass is 28.4. The van der Waals surface area contributed by atoms with E-state index in [0.717, 1.165) is 37.2 Å². The molecule has 4 rings (SSSR count). The lowest BCUT2D eigenvalue weighted by Gasteiger charge is -2.28. The number of carbonyl (C=O) groups is 1. The van der Waals surface area contributed by atoms with Crippen LogP contribution in [-0.4, -0.2) is 59.8 Å².